The number of benzene rings is 1. The molecule has 0 saturated carbocycles. The molecular formula is C8H6Cl3F2N. The van der Waals surface area contributed by atoms with Gasteiger partial charge in [0.05, 0.1) is 16.1 Å². The lowest BCUT2D eigenvalue weighted by molar-refractivity contribution is 0.116. The van der Waals surface area contributed by atoms with Crippen molar-refractivity contribution >= 4 is 34.8 Å². The maximum atomic E-state index is 12.3. The predicted molar refractivity (Wildman–Crippen MR) is 54.4 cm³/mol. The van der Waals surface area contributed by atoms with E-state index in [4.69, 9.17) is 40.5 Å². The third-order valence-corrected chi connectivity index (χ3v) is 2.83. The molecule has 0 saturated heterocycles. The molecule has 0 aliphatic heterocycles. The monoisotopic (exact) mass is 259 g/mol. The van der Waals surface area contributed by atoms with Gasteiger partial charge in [-0.05, 0) is 12.1 Å². The molecule has 0 amide bonds. The fourth-order valence-electron chi connectivity index (χ4n) is 0.974. The molecule has 0 heterocycles. The summed E-state index contributed by atoms with van der Waals surface area (Å²) in [4.78, 5) is 0. The third kappa shape index (κ3) is 2.28. The Morgan fingerprint density at radius 3 is 2.07 bits per heavy atom. The fraction of sp³-hybridized carbons (Fsp3) is 0.250. The van der Waals surface area contributed by atoms with Crippen LogP contribution in [0.25, 0.3) is 0 Å². The summed E-state index contributed by atoms with van der Waals surface area (Å²) in [6.45, 7) is 0. The van der Waals surface area contributed by atoms with Crippen molar-refractivity contribution in [3.63, 3.8) is 0 Å². The summed E-state index contributed by atoms with van der Waals surface area (Å²) in [7, 11) is 0. The number of hydrogen-bond acceptors (Lipinski definition) is 1. The first-order valence-electron chi connectivity index (χ1n) is 3.62. The minimum atomic E-state index is -2.73. The summed E-state index contributed by atoms with van der Waals surface area (Å²) in [6, 6.07) is 1.29. The van der Waals surface area contributed by atoms with E-state index in [0.717, 1.165) is 0 Å². The molecule has 0 aliphatic carbocycles. The Morgan fingerprint density at radius 1 is 1.07 bits per heavy atom. The van der Waals surface area contributed by atoms with E-state index in [2.05, 4.69) is 0 Å². The molecule has 78 valence electrons. The first kappa shape index (κ1) is 12.0. The molecule has 0 fully saturated rings. The van der Waals surface area contributed by atoms with E-state index in [-0.39, 0.29) is 20.6 Å². The van der Waals surface area contributed by atoms with Crippen LogP contribution in [0.15, 0.2) is 12.1 Å². The molecule has 1 aromatic carbocycles. The summed E-state index contributed by atoms with van der Waals surface area (Å²) in [5.41, 5.74) is 5.21. The maximum Gasteiger partial charge on any atom is 0.257 e. The molecule has 1 atom stereocenters. The van der Waals surface area contributed by atoms with Gasteiger partial charge in [0.1, 0.15) is 0 Å². The van der Waals surface area contributed by atoms with Gasteiger partial charge in [0, 0.05) is 10.6 Å². The highest BCUT2D eigenvalue weighted by molar-refractivity contribution is 6.44. The van der Waals surface area contributed by atoms with Gasteiger partial charge in [-0.25, -0.2) is 8.78 Å². The largest absolute Gasteiger partial charge is 0.319 e. The van der Waals surface area contributed by atoms with E-state index >= 15 is 0 Å². The van der Waals surface area contributed by atoms with Crippen molar-refractivity contribution in [2.45, 2.75) is 12.5 Å². The molecule has 6 heteroatoms. The number of rotatable bonds is 2. The quantitative estimate of drug-likeness (QED) is 0.802. The van der Waals surface area contributed by atoms with Crippen molar-refractivity contribution < 1.29 is 8.78 Å². The van der Waals surface area contributed by atoms with Gasteiger partial charge in [-0.3, -0.25) is 0 Å². The second-order valence-corrected chi connectivity index (χ2v) is 3.81. The lowest BCUT2D eigenvalue weighted by atomic mass is 10.1. The zero-order valence-electron chi connectivity index (χ0n) is 6.78. The maximum absolute atomic E-state index is 12.3. The van der Waals surface area contributed by atoms with Crippen LogP contribution in [0, 0.1) is 0 Å². The second-order valence-electron chi connectivity index (χ2n) is 2.62. The minimum absolute atomic E-state index is 0.0177. The van der Waals surface area contributed by atoms with E-state index in [0.29, 0.717) is 0 Å². The third-order valence-electron chi connectivity index (χ3n) is 1.68. The Hall–Kier alpha value is -0.0900. The van der Waals surface area contributed by atoms with Crippen molar-refractivity contribution in [2.24, 2.45) is 5.73 Å². The summed E-state index contributed by atoms with van der Waals surface area (Å²) < 4.78 is 24.6. The molecule has 14 heavy (non-hydrogen) atoms. The standard InChI is InChI=1S/C8H6Cl3F2N/c9-3-1-2-4(10)6(11)5(3)7(14)8(12)13/h1-2,7-8H,14H2. The fourth-order valence-corrected chi connectivity index (χ4v) is 1.76. The van der Waals surface area contributed by atoms with Crippen LogP contribution in [0.3, 0.4) is 0 Å². The molecule has 0 spiro atoms. The van der Waals surface area contributed by atoms with Crippen molar-refractivity contribution in [2.75, 3.05) is 0 Å². The Kier molecular flexibility index (Phi) is 3.95. The van der Waals surface area contributed by atoms with Gasteiger partial charge in [0.25, 0.3) is 6.43 Å². The van der Waals surface area contributed by atoms with E-state index in [1.165, 1.54) is 12.1 Å². The van der Waals surface area contributed by atoms with E-state index in [1.54, 1.807) is 0 Å². The van der Waals surface area contributed by atoms with E-state index in [9.17, 15) is 8.78 Å². The lowest BCUT2D eigenvalue weighted by Gasteiger charge is -2.14. The van der Waals surface area contributed by atoms with Gasteiger partial charge in [-0.1, -0.05) is 34.8 Å². The highest BCUT2D eigenvalue weighted by Gasteiger charge is 2.24. The molecule has 1 aromatic rings. The highest BCUT2D eigenvalue weighted by Crippen LogP contribution is 2.36. The predicted octanol–water partition coefficient (Wildman–Crippen LogP) is 3.91. The van der Waals surface area contributed by atoms with Crippen LogP contribution in [0.5, 0.6) is 0 Å². The highest BCUT2D eigenvalue weighted by atomic mass is 35.5. The zero-order valence-corrected chi connectivity index (χ0v) is 9.04. The van der Waals surface area contributed by atoms with Crippen LogP contribution < -0.4 is 5.73 Å². The minimum Gasteiger partial charge on any atom is -0.319 e. The summed E-state index contributed by atoms with van der Waals surface area (Å²) in [5.74, 6) is 0. The van der Waals surface area contributed by atoms with Crippen molar-refractivity contribution in [1.82, 2.24) is 0 Å². The van der Waals surface area contributed by atoms with Gasteiger partial charge in [-0.2, -0.15) is 0 Å². The summed E-state index contributed by atoms with van der Waals surface area (Å²) in [5, 5.41) is 0.223. The average Bonchev–Trinajstić information content (AvgIpc) is 2.12. The molecule has 1 nitrogen and oxygen atoms in total. The Balaban J connectivity index is 3.25. The normalized spacial score (nSPS) is 13.4. The van der Waals surface area contributed by atoms with Crippen molar-refractivity contribution in [1.29, 1.82) is 0 Å². The van der Waals surface area contributed by atoms with Gasteiger partial charge < -0.3 is 5.73 Å². The van der Waals surface area contributed by atoms with Gasteiger partial charge in [0.2, 0.25) is 0 Å². The number of nitrogens with two attached hydrogens (primary N) is 1. The molecule has 1 unspecified atom stereocenters. The molecule has 0 aromatic heterocycles. The zero-order chi connectivity index (χ0) is 10.9. The first-order chi connectivity index (χ1) is 6.45. The number of hydrogen-bond donors (Lipinski definition) is 1. The smallest absolute Gasteiger partial charge is 0.257 e. The van der Waals surface area contributed by atoms with Crippen LogP contribution in [-0.4, -0.2) is 6.43 Å². The molecule has 0 bridgehead atoms. The SMILES string of the molecule is NC(c1c(Cl)ccc(Cl)c1Cl)C(F)F. The van der Waals surface area contributed by atoms with E-state index < -0.39 is 12.5 Å². The summed E-state index contributed by atoms with van der Waals surface area (Å²) in [6.07, 6.45) is -2.73. The first-order valence-corrected chi connectivity index (χ1v) is 4.75. The molecular weight excluding hydrogens is 254 g/mol. The van der Waals surface area contributed by atoms with Gasteiger partial charge in [0.15, 0.2) is 0 Å². The van der Waals surface area contributed by atoms with Crippen LogP contribution in [0.1, 0.15) is 11.6 Å². The van der Waals surface area contributed by atoms with Gasteiger partial charge in [-0.15, -0.1) is 0 Å². The van der Waals surface area contributed by atoms with Crippen LogP contribution >= 0.6 is 34.8 Å². The Labute approximate surface area is 94.7 Å². The van der Waals surface area contributed by atoms with Crippen molar-refractivity contribution in [3.05, 3.63) is 32.8 Å². The molecule has 0 aliphatic rings. The number of alkyl halides is 2. The molecule has 1 rings (SSSR count). The van der Waals surface area contributed by atoms with Gasteiger partial charge >= 0.3 is 0 Å². The lowest BCUT2D eigenvalue weighted by Crippen LogP contribution is -2.19. The molecule has 2 N–H and O–H groups in total. The topological polar surface area (TPSA) is 26.0 Å². The average molecular weight is 260 g/mol. The second kappa shape index (κ2) is 4.62. The summed E-state index contributed by atoms with van der Waals surface area (Å²) >= 11 is 17.0. The van der Waals surface area contributed by atoms with Crippen molar-refractivity contribution in [3.8, 4) is 0 Å². The van der Waals surface area contributed by atoms with E-state index in [1.807, 2.05) is 0 Å². The Bertz CT molecular complexity index is 344. The van der Waals surface area contributed by atoms with Crippen LogP contribution in [-0.2, 0) is 0 Å². The number of halogens is 5. The van der Waals surface area contributed by atoms with Crippen LogP contribution in [0.2, 0.25) is 15.1 Å². The Morgan fingerprint density at radius 2 is 1.57 bits per heavy atom. The van der Waals surface area contributed by atoms with Crippen LogP contribution in [0.4, 0.5) is 8.78 Å². The molecule has 0 radical (unpaired) electrons.